The van der Waals surface area contributed by atoms with E-state index in [2.05, 4.69) is 10.2 Å². The molecule has 0 atom stereocenters. The Morgan fingerprint density at radius 1 is 1.12 bits per heavy atom. The maximum atomic E-state index is 14.4. The van der Waals surface area contributed by atoms with Gasteiger partial charge in [-0.3, -0.25) is 9.69 Å². The van der Waals surface area contributed by atoms with Gasteiger partial charge >= 0.3 is 6.18 Å². The Morgan fingerprint density at radius 2 is 1.81 bits per heavy atom. The summed E-state index contributed by atoms with van der Waals surface area (Å²) in [6.07, 6.45) is 0.491. The van der Waals surface area contributed by atoms with Crippen LogP contribution in [0.4, 0.5) is 23.2 Å². The summed E-state index contributed by atoms with van der Waals surface area (Å²) >= 11 is 0. The van der Waals surface area contributed by atoms with Crippen LogP contribution < -0.4 is 10.2 Å². The van der Waals surface area contributed by atoms with E-state index < -0.39 is 17.6 Å². The van der Waals surface area contributed by atoms with Crippen LogP contribution in [-0.2, 0) is 15.7 Å². The largest absolute Gasteiger partial charge is 0.419 e. The van der Waals surface area contributed by atoms with E-state index in [1.165, 1.54) is 12.1 Å². The topological polar surface area (TPSA) is 44.8 Å². The predicted octanol–water partition coefficient (Wildman–Crippen LogP) is 4.07. The third kappa shape index (κ3) is 6.81. The van der Waals surface area contributed by atoms with E-state index in [-0.39, 0.29) is 24.2 Å². The molecule has 0 radical (unpaired) electrons. The molecule has 1 aliphatic heterocycles. The number of hydrogen-bond acceptors (Lipinski definition) is 4. The number of amides is 1. The van der Waals surface area contributed by atoms with E-state index in [1.54, 1.807) is 4.90 Å². The summed E-state index contributed by atoms with van der Waals surface area (Å²) < 4.78 is 58.5. The van der Waals surface area contributed by atoms with Gasteiger partial charge in [-0.1, -0.05) is 6.07 Å². The molecule has 1 aromatic rings. The van der Waals surface area contributed by atoms with E-state index in [1.807, 2.05) is 6.92 Å². The molecule has 9 heteroatoms. The number of alkyl halides is 3. The molecule has 1 N–H and O–H groups in total. The minimum atomic E-state index is -4.69. The lowest BCUT2D eigenvalue weighted by atomic mass is 9.84. The van der Waals surface area contributed by atoms with Crippen LogP contribution in [0.15, 0.2) is 18.2 Å². The lowest BCUT2D eigenvalue weighted by Gasteiger charge is -2.37. The molecular weight excluding hydrogens is 426 g/mol. The van der Waals surface area contributed by atoms with Crippen LogP contribution in [-0.4, -0.2) is 62.8 Å². The zero-order valence-corrected chi connectivity index (χ0v) is 18.6. The molecule has 1 amide bonds. The molecule has 180 valence electrons. The fraction of sp³-hybridized carbons (Fsp3) is 0.696. The van der Waals surface area contributed by atoms with E-state index in [4.69, 9.17) is 4.74 Å². The van der Waals surface area contributed by atoms with Gasteiger partial charge in [0, 0.05) is 38.8 Å². The predicted molar refractivity (Wildman–Crippen MR) is 115 cm³/mol. The van der Waals surface area contributed by atoms with Gasteiger partial charge in [0.2, 0.25) is 5.91 Å². The number of nitrogens with zero attached hydrogens (tertiary/aromatic N) is 2. The van der Waals surface area contributed by atoms with Gasteiger partial charge in [-0.15, -0.1) is 0 Å². The Bertz CT molecular complexity index is 743. The van der Waals surface area contributed by atoms with Crippen molar-refractivity contribution in [2.24, 2.45) is 5.92 Å². The number of benzene rings is 1. The highest BCUT2D eigenvalue weighted by molar-refractivity contribution is 5.77. The summed E-state index contributed by atoms with van der Waals surface area (Å²) in [5.41, 5.74) is -1.17. The van der Waals surface area contributed by atoms with Crippen molar-refractivity contribution >= 4 is 11.6 Å². The maximum Gasteiger partial charge on any atom is 0.419 e. The average Bonchev–Trinajstić information content (AvgIpc) is 2.77. The van der Waals surface area contributed by atoms with Crippen molar-refractivity contribution in [2.75, 3.05) is 50.8 Å². The number of piperazine rings is 1. The number of hydrogen-bond donors (Lipinski definition) is 1. The summed E-state index contributed by atoms with van der Waals surface area (Å²) in [6.45, 7) is 5.88. The molecule has 1 aromatic carbocycles. The molecule has 2 aliphatic rings. The quantitative estimate of drug-likeness (QED) is 0.596. The van der Waals surface area contributed by atoms with Gasteiger partial charge < -0.3 is 15.0 Å². The number of carbonyl (C=O) groups is 1. The summed E-state index contributed by atoms with van der Waals surface area (Å²) in [4.78, 5) is 15.8. The number of halogens is 4. The first kappa shape index (κ1) is 24.8. The molecule has 3 rings (SSSR count). The smallest absolute Gasteiger partial charge is 0.372 e. The average molecular weight is 460 g/mol. The number of anilines is 1. The van der Waals surface area contributed by atoms with Crippen LogP contribution in [0.5, 0.6) is 0 Å². The molecule has 0 spiro atoms. The van der Waals surface area contributed by atoms with Crippen molar-refractivity contribution in [3.05, 3.63) is 29.6 Å². The zero-order valence-electron chi connectivity index (χ0n) is 18.6. The Balaban J connectivity index is 1.38. The van der Waals surface area contributed by atoms with Crippen LogP contribution in [0, 0.1) is 11.7 Å². The second kappa shape index (κ2) is 11.3. The lowest BCUT2D eigenvalue weighted by Crippen LogP contribution is -2.47. The SMILES string of the molecule is CCOCC(=O)NC1CCC(CCN2CCN(c3cccc(C(F)(F)F)c3F)CC2)CC1. The minimum absolute atomic E-state index is 0.0316. The van der Waals surface area contributed by atoms with E-state index in [0.717, 1.165) is 44.7 Å². The monoisotopic (exact) mass is 459 g/mol. The highest BCUT2D eigenvalue weighted by atomic mass is 19.4. The highest BCUT2D eigenvalue weighted by Gasteiger charge is 2.36. The molecule has 1 saturated carbocycles. The number of nitrogens with one attached hydrogen (secondary N) is 1. The second-order valence-electron chi connectivity index (χ2n) is 8.68. The van der Waals surface area contributed by atoms with Gasteiger partial charge in [0.1, 0.15) is 6.61 Å². The van der Waals surface area contributed by atoms with Gasteiger partial charge in [0.15, 0.2) is 5.82 Å². The molecule has 0 bridgehead atoms. The Labute approximate surface area is 187 Å². The van der Waals surface area contributed by atoms with Crippen LogP contribution in [0.3, 0.4) is 0 Å². The molecule has 1 saturated heterocycles. The standard InChI is InChI=1S/C23H33F4N3O2/c1-2-32-16-21(31)28-18-8-6-17(7-9-18)10-11-29-12-14-30(15-13-29)20-5-3-4-19(22(20)24)23(25,26)27/h3-5,17-18H,2,6-16H2,1H3,(H,28,31). The first-order chi connectivity index (χ1) is 15.3. The summed E-state index contributed by atoms with van der Waals surface area (Å²) in [5, 5.41) is 3.04. The first-order valence-corrected chi connectivity index (χ1v) is 11.5. The van der Waals surface area contributed by atoms with E-state index in [9.17, 15) is 22.4 Å². The van der Waals surface area contributed by atoms with Crippen molar-refractivity contribution in [2.45, 2.75) is 51.2 Å². The van der Waals surface area contributed by atoms with Crippen molar-refractivity contribution in [3.8, 4) is 0 Å². The summed E-state index contributed by atoms with van der Waals surface area (Å²) in [5.74, 6) is -0.613. The Hall–Kier alpha value is -1.87. The second-order valence-corrected chi connectivity index (χ2v) is 8.68. The van der Waals surface area contributed by atoms with Gasteiger partial charge in [0.05, 0.1) is 11.3 Å². The summed E-state index contributed by atoms with van der Waals surface area (Å²) in [6, 6.07) is 3.70. The fourth-order valence-corrected chi connectivity index (χ4v) is 4.62. The third-order valence-corrected chi connectivity index (χ3v) is 6.50. The maximum absolute atomic E-state index is 14.4. The first-order valence-electron chi connectivity index (χ1n) is 11.5. The van der Waals surface area contributed by atoms with Crippen LogP contribution in [0.1, 0.15) is 44.6 Å². The van der Waals surface area contributed by atoms with Crippen molar-refractivity contribution < 1.29 is 27.1 Å². The fourth-order valence-electron chi connectivity index (χ4n) is 4.62. The molecule has 0 unspecified atom stereocenters. The summed E-state index contributed by atoms with van der Waals surface area (Å²) in [7, 11) is 0. The van der Waals surface area contributed by atoms with Crippen molar-refractivity contribution in [3.63, 3.8) is 0 Å². The molecule has 1 aliphatic carbocycles. The lowest BCUT2D eigenvalue weighted by molar-refractivity contribution is -0.140. The molecular formula is C23H33F4N3O2. The molecule has 5 nitrogen and oxygen atoms in total. The van der Waals surface area contributed by atoms with Gasteiger partial charge in [-0.05, 0) is 63.6 Å². The normalized spacial score (nSPS) is 22.7. The highest BCUT2D eigenvalue weighted by Crippen LogP contribution is 2.35. The van der Waals surface area contributed by atoms with Crippen LogP contribution in [0.2, 0.25) is 0 Å². The molecule has 1 heterocycles. The minimum Gasteiger partial charge on any atom is -0.372 e. The van der Waals surface area contributed by atoms with Gasteiger partial charge in [-0.25, -0.2) is 4.39 Å². The third-order valence-electron chi connectivity index (χ3n) is 6.50. The van der Waals surface area contributed by atoms with E-state index in [0.29, 0.717) is 38.7 Å². The van der Waals surface area contributed by atoms with Gasteiger partial charge in [-0.2, -0.15) is 13.2 Å². The molecule has 32 heavy (non-hydrogen) atoms. The molecule has 2 fully saturated rings. The number of rotatable bonds is 8. The number of carbonyl (C=O) groups excluding carboxylic acids is 1. The van der Waals surface area contributed by atoms with E-state index >= 15 is 0 Å². The van der Waals surface area contributed by atoms with Crippen LogP contribution in [0.25, 0.3) is 0 Å². The zero-order chi connectivity index (χ0) is 23.1. The van der Waals surface area contributed by atoms with Crippen molar-refractivity contribution in [1.29, 1.82) is 0 Å². The van der Waals surface area contributed by atoms with Gasteiger partial charge in [0.25, 0.3) is 0 Å². The number of ether oxygens (including phenoxy) is 1. The van der Waals surface area contributed by atoms with Crippen LogP contribution >= 0.6 is 0 Å². The van der Waals surface area contributed by atoms with Crippen molar-refractivity contribution in [1.82, 2.24) is 10.2 Å². The molecule has 0 aromatic heterocycles. The Kier molecular flexibility index (Phi) is 8.76. The Morgan fingerprint density at radius 3 is 2.44 bits per heavy atom.